The van der Waals surface area contributed by atoms with Crippen molar-refractivity contribution in [2.24, 2.45) is 0 Å². The number of aromatic hydroxyl groups is 2. The van der Waals surface area contributed by atoms with Crippen LogP contribution in [0.2, 0.25) is 0 Å². The molecule has 4 nitrogen and oxygen atoms in total. The molecule has 1 aromatic carbocycles. The number of hydrogen-bond donors (Lipinski definition) is 2. The first-order valence-corrected chi connectivity index (χ1v) is 6.73. The monoisotopic (exact) mass is 265 g/mol. The average Bonchev–Trinajstić information content (AvgIpc) is 2.25. The van der Waals surface area contributed by atoms with Crippen LogP contribution < -0.4 is 0 Å². The second-order valence-corrected chi connectivity index (χ2v) is 6.00. The van der Waals surface area contributed by atoms with Crippen LogP contribution in [0, 0.1) is 0 Å². The van der Waals surface area contributed by atoms with E-state index in [2.05, 4.69) is 18.7 Å². The number of rotatable bonds is 2. The molecule has 0 aliphatic carbocycles. The summed E-state index contributed by atoms with van der Waals surface area (Å²) in [4.78, 5) is 2.24. The minimum absolute atomic E-state index is 0.0492. The molecule has 2 rings (SSSR count). The third-order valence-electron chi connectivity index (χ3n) is 3.62. The molecule has 2 atom stereocenters. The lowest BCUT2D eigenvalue weighted by molar-refractivity contribution is -0.137. The average molecular weight is 265 g/mol. The van der Waals surface area contributed by atoms with Crippen LogP contribution in [0.4, 0.5) is 0 Å². The molecular weight excluding hydrogens is 242 g/mol. The molecule has 19 heavy (non-hydrogen) atoms. The van der Waals surface area contributed by atoms with Crippen LogP contribution in [0.15, 0.2) is 18.2 Å². The maximum absolute atomic E-state index is 9.97. The van der Waals surface area contributed by atoms with Crippen LogP contribution >= 0.6 is 0 Å². The highest BCUT2D eigenvalue weighted by molar-refractivity contribution is 5.45. The molecule has 0 aromatic heterocycles. The summed E-state index contributed by atoms with van der Waals surface area (Å²) in [5, 5.41) is 19.9. The van der Waals surface area contributed by atoms with Gasteiger partial charge in [0.15, 0.2) is 0 Å². The van der Waals surface area contributed by atoms with Gasteiger partial charge in [0.05, 0.1) is 17.3 Å². The quantitative estimate of drug-likeness (QED) is 0.863. The number of hydrogen-bond acceptors (Lipinski definition) is 4. The van der Waals surface area contributed by atoms with Gasteiger partial charge in [-0.25, -0.2) is 0 Å². The minimum atomic E-state index is -0.216. The summed E-state index contributed by atoms with van der Waals surface area (Å²) in [7, 11) is 0. The summed E-state index contributed by atoms with van der Waals surface area (Å²) < 4.78 is 5.88. The third-order valence-corrected chi connectivity index (χ3v) is 3.62. The van der Waals surface area contributed by atoms with E-state index >= 15 is 0 Å². The van der Waals surface area contributed by atoms with Crippen LogP contribution in [0.25, 0.3) is 0 Å². The summed E-state index contributed by atoms with van der Waals surface area (Å²) in [6.07, 6.45) is 0.138. The van der Waals surface area contributed by atoms with Crippen LogP contribution in [-0.2, 0) is 4.74 Å². The maximum atomic E-state index is 9.97. The van der Waals surface area contributed by atoms with E-state index in [1.165, 1.54) is 0 Å². The van der Waals surface area contributed by atoms with E-state index in [0.717, 1.165) is 13.1 Å². The van der Waals surface area contributed by atoms with Crippen molar-refractivity contribution >= 4 is 0 Å². The Labute approximate surface area is 114 Å². The van der Waals surface area contributed by atoms with Crippen LogP contribution in [0.3, 0.4) is 0 Å². The molecule has 1 aliphatic rings. The highest BCUT2D eigenvalue weighted by Crippen LogP contribution is 2.37. The standard InChI is InChI=1S/C15H23NO3/c1-10-8-16(9-15(3,4)19-10)11(2)14-12(17)6-5-7-13(14)18/h5-7,10-11,17-18H,8-9H2,1-4H3. The van der Waals surface area contributed by atoms with Crippen molar-refractivity contribution in [1.29, 1.82) is 0 Å². The number of benzene rings is 1. The SMILES string of the molecule is CC1CN(C(C)c2c(O)cccc2O)CC(C)(C)O1. The van der Waals surface area contributed by atoms with Gasteiger partial charge in [0.1, 0.15) is 11.5 Å². The largest absolute Gasteiger partial charge is 0.507 e. The molecule has 1 saturated heterocycles. The highest BCUT2D eigenvalue weighted by atomic mass is 16.5. The van der Waals surface area contributed by atoms with Gasteiger partial charge in [-0.05, 0) is 39.8 Å². The van der Waals surface area contributed by atoms with E-state index in [9.17, 15) is 10.2 Å². The summed E-state index contributed by atoms with van der Waals surface area (Å²) in [6, 6.07) is 4.82. The molecule has 2 unspecified atom stereocenters. The molecule has 1 aromatic rings. The normalized spacial score (nSPS) is 25.2. The molecule has 0 spiro atoms. The van der Waals surface area contributed by atoms with Gasteiger partial charge in [-0.1, -0.05) is 6.07 Å². The summed E-state index contributed by atoms with van der Waals surface area (Å²) in [6.45, 7) is 9.74. The molecule has 4 heteroatoms. The summed E-state index contributed by atoms with van der Waals surface area (Å²) >= 11 is 0. The number of nitrogens with zero attached hydrogens (tertiary/aromatic N) is 1. The van der Waals surface area contributed by atoms with E-state index in [1.54, 1.807) is 18.2 Å². The number of morpholine rings is 1. The molecule has 106 valence electrons. The first-order valence-electron chi connectivity index (χ1n) is 6.73. The first-order chi connectivity index (χ1) is 8.80. The second-order valence-electron chi connectivity index (χ2n) is 6.00. The summed E-state index contributed by atoms with van der Waals surface area (Å²) in [5.41, 5.74) is 0.374. The molecule has 1 fully saturated rings. The van der Waals surface area contributed by atoms with Crippen molar-refractivity contribution in [2.75, 3.05) is 13.1 Å². The summed E-state index contributed by atoms with van der Waals surface area (Å²) in [5.74, 6) is 0.286. The van der Waals surface area contributed by atoms with Crippen molar-refractivity contribution in [1.82, 2.24) is 4.90 Å². The van der Waals surface area contributed by atoms with Crippen LogP contribution in [-0.4, -0.2) is 39.9 Å². The fourth-order valence-corrected chi connectivity index (χ4v) is 2.95. The minimum Gasteiger partial charge on any atom is -0.507 e. The van der Waals surface area contributed by atoms with Gasteiger partial charge in [-0.2, -0.15) is 0 Å². The molecule has 1 heterocycles. The molecule has 1 aliphatic heterocycles. The fraction of sp³-hybridized carbons (Fsp3) is 0.600. The Balaban J connectivity index is 2.26. The molecule has 0 saturated carbocycles. The smallest absolute Gasteiger partial charge is 0.124 e. The Morgan fingerprint density at radius 2 is 1.89 bits per heavy atom. The van der Waals surface area contributed by atoms with Gasteiger partial charge in [0, 0.05) is 19.1 Å². The number of phenols is 2. The first kappa shape index (κ1) is 14.2. The lowest BCUT2D eigenvalue weighted by Crippen LogP contribution is -2.52. The Morgan fingerprint density at radius 1 is 1.32 bits per heavy atom. The second kappa shape index (κ2) is 5.02. The Morgan fingerprint density at radius 3 is 2.42 bits per heavy atom. The van der Waals surface area contributed by atoms with Crippen molar-refractivity contribution in [3.05, 3.63) is 23.8 Å². The molecule has 0 amide bonds. The van der Waals surface area contributed by atoms with E-state index in [4.69, 9.17) is 4.74 Å². The van der Waals surface area contributed by atoms with Crippen LogP contribution in [0.5, 0.6) is 11.5 Å². The predicted octanol–water partition coefficient (Wildman–Crippen LogP) is 2.66. The molecular formula is C15H23NO3. The third kappa shape index (κ3) is 3.01. The molecule has 0 bridgehead atoms. The zero-order valence-electron chi connectivity index (χ0n) is 12.1. The fourth-order valence-electron chi connectivity index (χ4n) is 2.95. The number of phenolic OH excluding ortho intramolecular Hbond substituents is 2. The van der Waals surface area contributed by atoms with E-state index in [0.29, 0.717) is 5.56 Å². The molecule has 0 radical (unpaired) electrons. The molecule has 2 N–H and O–H groups in total. The maximum Gasteiger partial charge on any atom is 0.124 e. The number of ether oxygens (including phenoxy) is 1. The Hall–Kier alpha value is -1.26. The van der Waals surface area contributed by atoms with Gasteiger partial charge in [0.25, 0.3) is 0 Å². The van der Waals surface area contributed by atoms with Gasteiger partial charge in [0.2, 0.25) is 0 Å². The van der Waals surface area contributed by atoms with E-state index < -0.39 is 0 Å². The Bertz CT molecular complexity index is 438. The predicted molar refractivity (Wildman–Crippen MR) is 74.4 cm³/mol. The van der Waals surface area contributed by atoms with E-state index in [1.807, 2.05) is 13.8 Å². The van der Waals surface area contributed by atoms with Crippen molar-refractivity contribution < 1.29 is 14.9 Å². The lowest BCUT2D eigenvalue weighted by atomic mass is 9.99. The van der Waals surface area contributed by atoms with Crippen molar-refractivity contribution in [3.63, 3.8) is 0 Å². The van der Waals surface area contributed by atoms with Gasteiger partial charge >= 0.3 is 0 Å². The van der Waals surface area contributed by atoms with Gasteiger partial charge in [-0.15, -0.1) is 0 Å². The van der Waals surface area contributed by atoms with E-state index in [-0.39, 0.29) is 29.2 Å². The van der Waals surface area contributed by atoms with Crippen LogP contribution in [0.1, 0.15) is 39.3 Å². The van der Waals surface area contributed by atoms with Crippen molar-refractivity contribution in [3.8, 4) is 11.5 Å². The van der Waals surface area contributed by atoms with Gasteiger partial charge < -0.3 is 14.9 Å². The zero-order valence-corrected chi connectivity index (χ0v) is 12.1. The highest BCUT2D eigenvalue weighted by Gasteiger charge is 2.35. The van der Waals surface area contributed by atoms with Gasteiger partial charge in [-0.3, -0.25) is 4.90 Å². The topological polar surface area (TPSA) is 52.9 Å². The lowest BCUT2D eigenvalue weighted by Gasteiger charge is -2.44. The zero-order chi connectivity index (χ0) is 14.2. The van der Waals surface area contributed by atoms with Crippen molar-refractivity contribution in [2.45, 2.75) is 45.4 Å². The Kier molecular flexibility index (Phi) is 3.74.